The van der Waals surface area contributed by atoms with Crippen molar-refractivity contribution in [2.45, 2.75) is 32.9 Å². The van der Waals surface area contributed by atoms with Gasteiger partial charge in [-0.1, -0.05) is 5.16 Å². The lowest BCUT2D eigenvalue weighted by molar-refractivity contribution is 0.144. The van der Waals surface area contributed by atoms with Crippen LogP contribution in [0.3, 0.4) is 0 Å². The lowest BCUT2D eigenvalue weighted by Crippen LogP contribution is -2.56. The van der Waals surface area contributed by atoms with E-state index in [4.69, 9.17) is 4.52 Å². The molecule has 1 aliphatic heterocycles. The molecule has 0 radical (unpaired) electrons. The summed E-state index contributed by atoms with van der Waals surface area (Å²) in [7, 11) is 0. The molecule has 1 aromatic rings. The zero-order chi connectivity index (χ0) is 10.9. The molecule has 1 N–H and O–H groups in total. The van der Waals surface area contributed by atoms with Gasteiger partial charge in [0.05, 0.1) is 6.54 Å². The van der Waals surface area contributed by atoms with Crippen LogP contribution in [0.4, 0.5) is 0 Å². The molecule has 0 amide bonds. The van der Waals surface area contributed by atoms with Crippen LogP contribution in [0.5, 0.6) is 0 Å². The molecule has 0 spiro atoms. The number of hydrogen-bond acceptors (Lipinski definition) is 5. The van der Waals surface area contributed by atoms with Crippen molar-refractivity contribution in [3.63, 3.8) is 0 Å². The van der Waals surface area contributed by atoms with Gasteiger partial charge in [0.15, 0.2) is 5.82 Å². The normalized spacial score (nSPS) is 21.8. The fraction of sp³-hybridized carbons (Fsp3) is 0.800. The molecule has 2 heterocycles. The van der Waals surface area contributed by atoms with E-state index in [1.807, 2.05) is 6.92 Å². The van der Waals surface area contributed by atoms with E-state index in [9.17, 15) is 0 Å². The second-order valence-corrected chi connectivity index (χ2v) is 4.75. The van der Waals surface area contributed by atoms with Gasteiger partial charge in [-0.3, -0.25) is 4.90 Å². The maximum absolute atomic E-state index is 4.95. The van der Waals surface area contributed by atoms with Gasteiger partial charge in [0.1, 0.15) is 0 Å². The number of aromatic nitrogens is 2. The zero-order valence-electron chi connectivity index (χ0n) is 9.58. The third-order valence-electron chi connectivity index (χ3n) is 2.59. The number of nitrogens with zero attached hydrogens (tertiary/aromatic N) is 3. The Morgan fingerprint density at radius 3 is 2.93 bits per heavy atom. The minimum atomic E-state index is 0.178. The molecule has 0 unspecified atom stereocenters. The van der Waals surface area contributed by atoms with Crippen LogP contribution in [0.15, 0.2) is 4.52 Å². The van der Waals surface area contributed by atoms with E-state index in [1.54, 1.807) is 0 Å². The highest BCUT2D eigenvalue weighted by Crippen LogP contribution is 2.12. The van der Waals surface area contributed by atoms with Crippen molar-refractivity contribution >= 4 is 0 Å². The summed E-state index contributed by atoms with van der Waals surface area (Å²) in [5, 5.41) is 7.38. The summed E-state index contributed by atoms with van der Waals surface area (Å²) in [4.78, 5) is 6.56. The molecule has 84 valence electrons. The van der Waals surface area contributed by atoms with Gasteiger partial charge in [-0.15, -0.1) is 0 Å². The monoisotopic (exact) mass is 210 g/mol. The lowest BCUT2D eigenvalue weighted by atomic mass is 10.0. The van der Waals surface area contributed by atoms with Crippen LogP contribution >= 0.6 is 0 Å². The molecule has 1 aliphatic rings. The number of rotatable bonds is 2. The van der Waals surface area contributed by atoms with Crippen LogP contribution in [0, 0.1) is 6.92 Å². The van der Waals surface area contributed by atoms with Crippen LogP contribution in [-0.2, 0) is 6.54 Å². The number of aryl methyl sites for hydroxylation is 1. The molecule has 1 saturated heterocycles. The van der Waals surface area contributed by atoms with E-state index in [0.29, 0.717) is 5.89 Å². The van der Waals surface area contributed by atoms with Crippen LogP contribution in [0.2, 0.25) is 0 Å². The Balaban J connectivity index is 1.95. The maximum Gasteiger partial charge on any atom is 0.223 e. The summed E-state index contributed by atoms with van der Waals surface area (Å²) < 4.78 is 4.95. The average Bonchev–Trinajstić information content (AvgIpc) is 2.49. The molecule has 0 bridgehead atoms. The Morgan fingerprint density at radius 2 is 2.33 bits per heavy atom. The Bertz CT molecular complexity index is 334. The minimum Gasteiger partial charge on any atom is -0.340 e. The summed E-state index contributed by atoms with van der Waals surface area (Å²) in [6.07, 6.45) is 0. The van der Waals surface area contributed by atoms with Crippen molar-refractivity contribution in [1.29, 1.82) is 0 Å². The molecule has 1 fully saturated rings. The second kappa shape index (κ2) is 3.90. The fourth-order valence-corrected chi connectivity index (χ4v) is 1.99. The maximum atomic E-state index is 4.95. The van der Waals surface area contributed by atoms with Gasteiger partial charge >= 0.3 is 0 Å². The molecule has 0 aliphatic carbocycles. The van der Waals surface area contributed by atoms with E-state index in [2.05, 4.69) is 34.2 Å². The quantitative estimate of drug-likeness (QED) is 0.773. The fourth-order valence-electron chi connectivity index (χ4n) is 1.99. The zero-order valence-corrected chi connectivity index (χ0v) is 9.58. The Labute approximate surface area is 89.8 Å². The SMILES string of the molecule is Cc1nc(CN2CCNC(C)(C)C2)no1. The standard InChI is InChI=1S/C10H18N4O/c1-8-12-9(13-15-8)6-14-5-4-11-10(2,3)7-14/h11H,4-7H2,1-3H3. The highest BCUT2D eigenvalue weighted by atomic mass is 16.5. The summed E-state index contributed by atoms with van der Waals surface area (Å²) in [6, 6.07) is 0. The Kier molecular flexibility index (Phi) is 2.75. The molecular weight excluding hydrogens is 192 g/mol. The highest BCUT2D eigenvalue weighted by molar-refractivity contribution is 4.90. The molecule has 0 atom stereocenters. The minimum absolute atomic E-state index is 0.178. The summed E-state index contributed by atoms with van der Waals surface area (Å²) in [5.41, 5.74) is 0.178. The molecule has 5 heteroatoms. The third-order valence-corrected chi connectivity index (χ3v) is 2.59. The molecule has 15 heavy (non-hydrogen) atoms. The van der Waals surface area contributed by atoms with Crippen molar-refractivity contribution in [3.8, 4) is 0 Å². The van der Waals surface area contributed by atoms with Crippen LogP contribution in [-0.4, -0.2) is 40.2 Å². The first-order chi connectivity index (χ1) is 7.05. The Hall–Kier alpha value is -0.940. The first-order valence-electron chi connectivity index (χ1n) is 5.32. The Morgan fingerprint density at radius 1 is 1.53 bits per heavy atom. The lowest BCUT2D eigenvalue weighted by Gasteiger charge is -2.38. The molecule has 5 nitrogen and oxygen atoms in total. The van der Waals surface area contributed by atoms with E-state index in [0.717, 1.165) is 32.0 Å². The molecule has 1 aromatic heterocycles. The van der Waals surface area contributed by atoms with Crippen molar-refractivity contribution in [2.24, 2.45) is 0 Å². The number of piperazine rings is 1. The van der Waals surface area contributed by atoms with E-state index >= 15 is 0 Å². The summed E-state index contributed by atoms with van der Waals surface area (Å²) in [6.45, 7) is 10.1. The van der Waals surface area contributed by atoms with Gasteiger partial charge < -0.3 is 9.84 Å². The number of hydrogen-bond donors (Lipinski definition) is 1. The smallest absolute Gasteiger partial charge is 0.223 e. The van der Waals surface area contributed by atoms with Gasteiger partial charge in [0, 0.05) is 32.1 Å². The molecular formula is C10H18N4O. The van der Waals surface area contributed by atoms with Crippen LogP contribution < -0.4 is 5.32 Å². The molecule has 2 rings (SSSR count). The van der Waals surface area contributed by atoms with Crippen molar-refractivity contribution < 1.29 is 4.52 Å². The van der Waals surface area contributed by atoms with Crippen molar-refractivity contribution in [3.05, 3.63) is 11.7 Å². The van der Waals surface area contributed by atoms with E-state index in [1.165, 1.54) is 0 Å². The predicted octanol–water partition coefficient (Wildman–Crippen LogP) is 0.562. The van der Waals surface area contributed by atoms with E-state index < -0.39 is 0 Å². The van der Waals surface area contributed by atoms with Gasteiger partial charge in [-0.05, 0) is 13.8 Å². The largest absolute Gasteiger partial charge is 0.340 e. The van der Waals surface area contributed by atoms with Gasteiger partial charge in [-0.25, -0.2) is 0 Å². The summed E-state index contributed by atoms with van der Waals surface area (Å²) >= 11 is 0. The molecule has 0 aromatic carbocycles. The van der Waals surface area contributed by atoms with Crippen LogP contribution in [0.25, 0.3) is 0 Å². The van der Waals surface area contributed by atoms with Gasteiger partial charge in [-0.2, -0.15) is 4.98 Å². The van der Waals surface area contributed by atoms with E-state index in [-0.39, 0.29) is 5.54 Å². The third kappa shape index (κ3) is 2.76. The van der Waals surface area contributed by atoms with Crippen molar-refractivity contribution in [2.75, 3.05) is 19.6 Å². The number of nitrogens with one attached hydrogen (secondary N) is 1. The first-order valence-corrected chi connectivity index (χ1v) is 5.32. The second-order valence-electron chi connectivity index (χ2n) is 4.75. The van der Waals surface area contributed by atoms with Gasteiger partial charge in [0.2, 0.25) is 5.89 Å². The summed E-state index contributed by atoms with van der Waals surface area (Å²) in [5.74, 6) is 1.42. The highest BCUT2D eigenvalue weighted by Gasteiger charge is 2.26. The van der Waals surface area contributed by atoms with Gasteiger partial charge in [0.25, 0.3) is 0 Å². The van der Waals surface area contributed by atoms with Crippen LogP contribution in [0.1, 0.15) is 25.6 Å². The average molecular weight is 210 g/mol. The topological polar surface area (TPSA) is 54.2 Å². The molecule has 0 saturated carbocycles. The van der Waals surface area contributed by atoms with Crippen molar-refractivity contribution in [1.82, 2.24) is 20.4 Å². The first kappa shape index (κ1) is 10.6. The predicted molar refractivity (Wildman–Crippen MR) is 56.4 cm³/mol.